The Bertz CT molecular complexity index is 1250. The van der Waals surface area contributed by atoms with E-state index in [9.17, 15) is 10.1 Å². The van der Waals surface area contributed by atoms with Crippen LogP contribution in [0.4, 0.5) is 5.82 Å². The van der Waals surface area contributed by atoms with Crippen LogP contribution < -0.4 is 5.73 Å². The molecule has 2 N–H and O–H groups in total. The molecule has 0 spiro atoms. The second kappa shape index (κ2) is 8.36. The summed E-state index contributed by atoms with van der Waals surface area (Å²) in [6.07, 6.45) is -0.376. The van der Waals surface area contributed by atoms with E-state index in [0.29, 0.717) is 17.0 Å². The lowest BCUT2D eigenvalue weighted by atomic mass is 9.88. The van der Waals surface area contributed by atoms with Crippen LogP contribution in [0.1, 0.15) is 31.5 Å². The van der Waals surface area contributed by atoms with Crippen LogP contribution in [0.5, 0.6) is 0 Å². The molecule has 4 heterocycles. The van der Waals surface area contributed by atoms with Gasteiger partial charge in [-0.15, -0.1) is 0 Å². The zero-order chi connectivity index (χ0) is 23.9. The molecule has 176 valence electrons. The molecule has 4 atom stereocenters. The lowest BCUT2D eigenvalue weighted by Crippen LogP contribution is -2.41. The molecular weight excluding hydrogens is 438 g/mol. The predicted octanol–water partition coefficient (Wildman–Crippen LogP) is 2.13. The number of nitrogens with zero attached hydrogens (tertiary/aromatic N) is 4. The second-order valence-electron chi connectivity index (χ2n) is 8.91. The number of aromatic nitrogens is 3. The zero-order valence-corrected chi connectivity index (χ0v) is 18.9. The van der Waals surface area contributed by atoms with Gasteiger partial charge in [0.25, 0.3) is 0 Å². The van der Waals surface area contributed by atoms with E-state index in [0.717, 1.165) is 5.56 Å². The first kappa shape index (κ1) is 22.3. The van der Waals surface area contributed by atoms with Crippen LogP contribution in [-0.2, 0) is 35.8 Å². The highest BCUT2D eigenvalue weighted by atomic mass is 16.8. The SMILES string of the molecule is CC1(C)O[C@H]2[C@@H](O1)[C@](CC#N)(c1ccc3c(N)ncnn13)O[C@@H]2COC(=O)Cc1ccccc1. The van der Waals surface area contributed by atoms with Crippen LogP contribution in [0, 0.1) is 11.3 Å². The third kappa shape index (κ3) is 3.77. The Hall–Kier alpha value is -3.52. The topological polar surface area (TPSA) is 134 Å². The van der Waals surface area contributed by atoms with Gasteiger partial charge in [0.2, 0.25) is 0 Å². The van der Waals surface area contributed by atoms with Gasteiger partial charge in [-0.3, -0.25) is 4.79 Å². The lowest BCUT2D eigenvalue weighted by molar-refractivity contribution is -0.217. The number of carbonyl (C=O) groups excluding carboxylic acids is 1. The van der Waals surface area contributed by atoms with Gasteiger partial charge in [-0.2, -0.15) is 10.4 Å². The maximum atomic E-state index is 12.5. The summed E-state index contributed by atoms with van der Waals surface area (Å²) >= 11 is 0. The van der Waals surface area contributed by atoms with Gasteiger partial charge in [0.15, 0.2) is 17.2 Å². The summed E-state index contributed by atoms with van der Waals surface area (Å²) in [5.41, 5.74) is 6.84. The highest BCUT2D eigenvalue weighted by Crippen LogP contribution is 2.51. The Labute approximate surface area is 196 Å². The van der Waals surface area contributed by atoms with Crippen molar-refractivity contribution in [3.8, 4) is 6.07 Å². The first-order valence-corrected chi connectivity index (χ1v) is 11.0. The third-order valence-electron chi connectivity index (χ3n) is 6.17. The van der Waals surface area contributed by atoms with Gasteiger partial charge in [0.1, 0.15) is 36.8 Å². The standard InChI is InChI=1S/C24H25N5O5/c1-23(2)33-20-17(13-31-19(30)12-15-6-4-3-5-7-15)32-24(10-11-25,21(20)34-23)18-9-8-16-22(26)27-14-28-29(16)18/h3-9,14,17,20-21H,10,12-13H2,1-2H3,(H2,26,27,28)/t17-,20-,21-,24+/m1/s1. The smallest absolute Gasteiger partial charge is 0.310 e. The molecule has 2 fully saturated rings. The van der Waals surface area contributed by atoms with Crippen molar-refractivity contribution in [1.82, 2.24) is 14.6 Å². The molecule has 5 rings (SSSR count). The lowest BCUT2D eigenvalue weighted by Gasteiger charge is -2.32. The summed E-state index contributed by atoms with van der Waals surface area (Å²) in [5, 5.41) is 14.1. The fourth-order valence-electron chi connectivity index (χ4n) is 4.77. The third-order valence-corrected chi connectivity index (χ3v) is 6.17. The molecule has 2 aliphatic rings. The number of nitrogens with two attached hydrogens (primary N) is 1. The molecule has 0 aliphatic carbocycles. The molecule has 2 aliphatic heterocycles. The Morgan fingerprint density at radius 1 is 1.21 bits per heavy atom. The van der Waals surface area contributed by atoms with Crippen molar-refractivity contribution in [2.75, 3.05) is 12.3 Å². The quantitative estimate of drug-likeness (QED) is 0.546. The Kier molecular flexibility index (Phi) is 5.48. The van der Waals surface area contributed by atoms with Crippen molar-refractivity contribution in [1.29, 1.82) is 5.26 Å². The van der Waals surface area contributed by atoms with Crippen molar-refractivity contribution in [2.24, 2.45) is 0 Å². The number of nitriles is 1. The van der Waals surface area contributed by atoms with Gasteiger partial charge >= 0.3 is 5.97 Å². The van der Waals surface area contributed by atoms with Gasteiger partial charge in [-0.05, 0) is 31.5 Å². The number of anilines is 1. The first-order valence-electron chi connectivity index (χ1n) is 11.0. The van der Waals surface area contributed by atoms with Crippen molar-refractivity contribution >= 4 is 17.3 Å². The fourth-order valence-corrected chi connectivity index (χ4v) is 4.77. The summed E-state index contributed by atoms with van der Waals surface area (Å²) < 4.78 is 26.1. The van der Waals surface area contributed by atoms with Crippen LogP contribution >= 0.6 is 0 Å². The van der Waals surface area contributed by atoms with Gasteiger partial charge in [-0.25, -0.2) is 9.50 Å². The molecule has 0 bridgehead atoms. The van der Waals surface area contributed by atoms with E-state index >= 15 is 0 Å². The minimum Gasteiger partial charge on any atom is -0.463 e. The molecule has 3 aromatic rings. The molecule has 34 heavy (non-hydrogen) atoms. The number of ether oxygens (including phenoxy) is 4. The van der Waals surface area contributed by atoms with Crippen molar-refractivity contribution in [2.45, 2.75) is 56.4 Å². The minimum atomic E-state index is -1.21. The van der Waals surface area contributed by atoms with Gasteiger partial charge in [0.05, 0.1) is 24.6 Å². The highest BCUT2D eigenvalue weighted by molar-refractivity contribution is 5.72. The molecule has 0 saturated carbocycles. The summed E-state index contributed by atoms with van der Waals surface area (Å²) in [7, 11) is 0. The molecular formula is C24H25N5O5. The Morgan fingerprint density at radius 2 is 2.00 bits per heavy atom. The maximum absolute atomic E-state index is 12.5. The summed E-state index contributed by atoms with van der Waals surface area (Å²) in [6, 6.07) is 15.1. The van der Waals surface area contributed by atoms with Crippen molar-refractivity contribution in [3.05, 3.63) is 60.0 Å². The molecule has 0 amide bonds. The number of fused-ring (bicyclic) bond motifs is 2. The number of carbonyl (C=O) groups is 1. The highest BCUT2D eigenvalue weighted by Gasteiger charge is 2.64. The van der Waals surface area contributed by atoms with E-state index in [1.54, 1.807) is 30.5 Å². The molecule has 2 saturated heterocycles. The van der Waals surface area contributed by atoms with Crippen LogP contribution in [0.25, 0.3) is 5.52 Å². The van der Waals surface area contributed by atoms with Crippen LogP contribution in [-0.4, -0.2) is 51.3 Å². The molecule has 10 heteroatoms. The van der Waals surface area contributed by atoms with E-state index in [1.807, 2.05) is 30.3 Å². The van der Waals surface area contributed by atoms with Crippen molar-refractivity contribution in [3.63, 3.8) is 0 Å². The average molecular weight is 463 g/mol. The van der Waals surface area contributed by atoms with Gasteiger partial charge in [-0.1, -0.05) is 30.3 Å². The molecule has 0 unspecified atom stereocenters. The number of esters is 1. The van der Waals surface area contributed by atoms with Gasteiger partial charge in [0, 0.05) is 0 Å². The van der Waals surface area contributed by atoms with E-state index in [2.05, 4.69) is 16.2 Å². The maximum Gasteiger partial charge on any atom is 0.310 e. The summed E-state index contributed by atoms with van der Waals surface area (Å²) in [6.45, 7) is 3.56. The summed E-state index contributed by atoms with van der Waals surface area (Å²) in [4.78, 5) is 16.5. The molecule has 10 nitrogen and oxygen atoms in total. The van der Waals surface area contributed by atoms with Crippen LogP contribution in [0.3, 0.4) is 0 Å². The normalized spacial score (nSPS) is 27.4. The first-order chi connectivity index (χ1) is 16.3. The van der Waals surface area contributed by atoms with E-state index in [4.69, 9.17) is 24.7 Å². The monoisotopic (exact) mass is 463 g/mol. The minimum absolute atomic E-state index is 0.0297. The van der Waals surface area contributed by atoms with Gasteiger partial charge < -0.3 is 24.7 Å². The molecule has 0 radical (unpaired) electrons. The largest absolute Gasteiger partial charge is 0.463 e. The zero-order valence-electron chi connectivity index (χ0n) is 18.9. The number of hydrogen-bond acceptors (Lipinski definition) is 9. The van der Waals surface area contributed by atoms with E-state index in [-0.39, 0.29) is 25.4 Å². The van der Waals surface area contributed by atoms with E-state index < -0.39 is 29.7 Å². The Morgan fingerprint density at radius 3 is 2.76 bits per heavy atom. The molecule has 1 aromatic carbocycles. The average Bonchev–Trinajstić information content (AvgIpc) is 3.45. The Balaban J connectivity index is 1.45. The predicted molar refractivity (Wildman–Crippen MR) is 119 cm³/mol. The van der Waals surface area contributed by atoms with Crippen LogP contribution in [0.15, 0.2) is 48.8 Å². The van der Waals surface area contributed by atoms with Crippen LogP contribution in [0.2, 0.25) is 0 Å². The van der Waals surface area contributed by atoms with Crippen molar-refractivity contribution < 1.29 is 23.7 Å². The fraction of sp³-hybridized carbons (Fsp3) is 0.417. The number of rotatable bonds is 6. The number of nitrogen functional groups attached to an aromatic ring is 1. The number of benzene rings is 1. The summed E-state index contributed by atoms with van der Waals surface area (Å²) in [5.74, 6) is -0.984. The number of hydrogen-bond donors (Lipinski definition) is 1. The molecule has 2 aromatic heterocycles. The second-order valence-corrected chi connectivity index (χ2v) is 8.91. The van der Waals surface area contributed by atoms with E-state index in [1.165, 1.54) is 6.33 Å².